The lowest BCUT2D eigenvalue weighted by Gasteiger charge is -2.45. The average molecular weight is 765 g/mol. The molecule has 5 fully saturated rings. The van der Waals surface area contributed by atoms with Gasteiger partial charge in [0.1, 0.15) is 97.7 Å². The molecule has 0 aromatic carbocycles. The van der Waals surface area contributed by atoms with Crippen LogP contribution in [-0.4, -0.2) is 221 Å². The van der Waals surface area contributed by atoms with Crippen molar-refractivity contribution in [3.63, 3.8) is 0 Å². The van der Waals surface area contributed by atoms with Crippen LogP contribution in [0, 0.1) is 0 Å². The SMILES string of the molecule is O[C@@H]1[C@@H](O)[C@H]2O[C@H]3O[C@H](CNC(=S)NC[C@H]4O[C@H](O[C@H]5O[C@H](CNC(=S)NC[C@@H](O2)[C@H]1O)[C@@H](O)[C@H](O)[C@H]5O)[C@H](O)[C@@H](O)[C@@H]4O)[C@@H](O)[C@H](O)[C@H]3O. The van der Waals surface area contributed by atoms with Gasteiger partial charge in [-0.25, -0.2) is 0 Å². The highest BCUT2D eigenvalue weighted by molar-refractivity contribution is 7.80. The number of fused-ring (bicyclic) bond motifs is 8. The number of nitrogens with one attached hydrogen (secondary N) is 4. The second-order valence-electron chi connectivity index (χ2n) is 12.5. The van der Waals surface area contributed by atoms with E-state index in [1.165, 1.54) is 0 Å². The Morgan fingerprint density at radius 3 is 0.720 bits per heavy atom. The van der Waals surface area contributed by atoms with Gasteiger partial charge >= 0.3 is 0 Å². The molecule has 50 heavy (non-hydrogen) atoms. The van der Waals surface area contributed by atoms with Gasteiger partial charge in [0, 0.05) is 26.2 Å². The van der Waals surface area contributed by atoms with E-state index in [9.17, 15) is 61.3 Å². The fourth-order valence-corrected chi connectivity index (χ4v) is 6.29. The molecule has 22 nitrogen and oxygen atoms in total. The summed E-state index contributed by atoms with van der Waals surface area (Å²) in [7, 11) is 0. The van der Waals surface area contributed by atoms with Crippen molar-refractivity contribution in [2.24, 2.45) is 0 Å². The van der Waals surface area contributed by atoms with Crippen molar-refractivity contribution >= 4 is 34.7 Å². The summed E-state index contributed by atoms with van der Waals surface area (Å²) in [6.07, 6.45) is -33.6. The van der Waals surface area contributed by atoms with Gasteiger partial charge in [0.2, 0.25) is 0 Å². The molecule has 0 amide bonds. The number of ether oxygens (including phenoxy) is 6. The molecule has 0 aromatic rings. The van der Waals surface area contributed by atoms with Crippen molar-refractivity contribution in [1.29, 1.82) is 0 Å². The fourth-order valence-electron chi connectivity index (χ4n) is 5.95. The van der Waals surface area contributed by atoms with Gasteiger partial charge < -0.3 is 111 Å². The molecule has 0 aliphatic carbocycles. The van der Waals surface area contributed by atoms with Crippen LogP contribution in [0.1, 0.15) is 0 Å². The molecule has 8 bridgehead atoms. The van der Waals surface area contributed by atoms with E-state index >= 15 is 0 Å². The lowest BCUT2D eigenvalue weighted by atomic mass is 9.97. The molecular formula is C26H44N4O18S2. The fraction of sp³-hybridized carbons (Fsp3) is 0.923. The molecule has 0 spiro atoms. The number of aliphatic hydroxyl groups is 12. The van der Waals surface area contributed by atoms with Gasteiger partial charge in [0.25, 0.3) is 0 Å². The zero-order chi connectivity index (χ0) is 36.6. The van der Waals surface area contributed by atoms with Crippen LogP contribution >= 0.6 is 24.4 Å². The van der Waals surface area contributed by atoms with E-state index in [2.05, 4.69) is 21.3 Å². The molecule has 5 heterocycles. The summed E-state index contributed by atoms with van der Waals surface area (Å²) in [4.78, 5) is 0. The maximum absolute atomic E-state index is 10.6. The topological polar surface area (TPSA) is 346 Å². The predicted octanol–water partition coefficient (Wildman–Crippen LogP) is -9.81. The minimum absolute atomic E-state index is 0.114. The first-order valence-electron chi connectivity index (χ1n) is 15.7. The molecule has 0 saturated carbocycles. The van der Waals surface area contributed by atoms with Gasteiger partial charge in [-0.2, -0.15) is 0 Å². The summed E-state index contributed by atoms with van der Waals surface area (Å²) in [5, 5.41) is 137. The first-order valence-corrected chi connectivity index (χ1v) is 16.5. The number of hydrogen-bond donors (Lipinski definition) is 16. The van der Waals surface area contributed by atoms with Crippen LogP contribution in [-0.2, 0) is 28.4 Å². The minimum atomic E-state index is -1.86. The molecule has 0 aromatic heterocycles. The van der Waals surface area contributed by atoms with E-state index in [1.54, 1.807) is 0 Å². The molecule has 288 valence electrons. The van der Waals surface area contributed by atoms with Crippen LogP contribution in [0.3, 0.4) is 0 Å². The van der Waals surface area contributed by atoms with Gasteiger partial charge in [0.15, 0.2) is 35.4 Å². The molecule has 20 atom stereocenters. The highest BCUT2D eigenvalue weighted by atomic mass is 32.1. The van der Waals surface area contributed by atoms with Crippen molar-refractivity contribution in [3.05, 3.63) is 0 Å². The van der Waals surface area contributed by atoms with Crippen molar-refractivity contribution in [1.82, 2.24) is 21.3 Å². The van der Waals surface area contributed by atoms with Gasteiger partial charge in [-0.3, -0.25) is 0 Å². The van der Waals surface area contributed by atoms with Crippen LogP contribution in [0.2, 0.25) is 0 Å². The second-order valence-corrected chi connectivity index (χ2v) is 13.3. The quantitative estimate of drug-likeness (QED) is 0.102. The Balaban J connectivity index is 1.36. The highest BCUT2D eigenvalue weighted by Gasteiger charge is 2.51. The summed E-state index contributed by atoms with van der Waals surface area (Å²) in [5.41, 5.74) is 0. The number of hydrogen-bond acceptors (Lipinski definition) is 20. The highest BCUT2D eigenvalue weighted by Crippen LogP contribution is 2.30. The van der Waals surface area contributed by atoms with Gasteiger partial charge in [-0.1, -0.05) is 0 Å². The molecule has 16 N–H and O–H groups in total. The standard InChI is InChI=1S/C26H44N4O18S2/c31-9-5-1-27-25(49)28-2-6-10(32)14(36)19(41)23(44-6)48-24-20(42)16(38)12(34)8(46-24)4-30-26(50)29-3-7-11(33)15(37)18(40)22(45-7)47-21(43-5)17(39)13(9)35/h5-24,31-42H,1-4H2,(H2,27,28,49)(H2,29,30,50)/t5-,6-,7-,8-,9-,10-,11-,12-,13+,14+,15+,16+,17-,18-,19-,20-,21-,22-,23-,24-/m1/s1. The number of aliphatic hydroxyl groups excluding tert-OH is 12. The third-order valence-corrected chi connectivity index (χ3v) is 9.64. The summed E-state index contributed by atoms with van der Waals surface area (Å²) >= 11 is 10.5. The van der Waals surface area contributed by atoms with Crippen molar-refractivity contribution in [2.45, 2.75) is 123 Å². The van der Waals surface area contributed by atoms with Crippen molar-refractivity contribution in [2.75, 3.05) is 26.2 Å². The van der Waals surface area contributed by atoms with Crippen LogP contribution in [0.5, 0.6) is 0 Å². The Morgan fingerprint density at radius 1 is 0.320 bits per heavy atom. The summed E-state index contributed by atoms with van der Waals surface area (Å²) in [6, 6.07) is 0. The van der Waals surface area contributed by atoms with E-state index in [1.807, 2.05) is 0 Å². The van der Waals surface area contributed by atoms with Gasteiger partial charge in [-0.15, -0.1) is 0 Å². The molecular weight excluding hydrogens is 720 g/mol. The lowest BCUT2D eigenvalue weighted by Crippen LogP contribution is -2.66. The first kappa shape index (κ1) is 39.9. The van der Waals surface area contributed by atoms with Gasteiger partial charge in [-0.05, 0) is 24.4 Å². The molecule has 0 unspecified atom stereocenters. The molecule has 5 saturated heterocycles. The summed E-state index contributed by atoms with van der Waals surface area (Å²) in [5.74, 6) is 0. The van der Waals surface area contributed by atoms with Crippen molar-refractivity contribution in [3.8, 4) is 0 Å². The predicted molar refractivity (Wildman–Crippen MR) is 166 cm³/mol. The Bertz CT molecular complexity index is 1010. The van der Waals surface area contributed by atoms with E-state index in [4.69, 9.17) is 52.9 Å². The zero-order valence-corrected chi connectivity index (χ0v) is 27.6. The molecule has 24 heteroatoms. The third-order valence-electron chi connectivity index (χ3n) is 9.07. The van der Waals surface area contributed by atoms with Crippen LogP contribution in [0.25, 0.3) is 0 Å². The molecule has 5 aliphatic rings. The first-order chi connectivity index (χ1) is 23.6. The lowest BCUT2D eigenvalue weighted by molar-refractivity contribution is -0.372. The molecule has 0 radical (unpaired) electrons. The largest absolute Gasteiger partial charge is 0.388 e. The number of thiocarbonyl (C=S) groups is 2. The Hall–Kier alpha value is -1.34. The van der Waals surface area contributed by atoms with Crippen LogP contribution < -0.4 is 21.3 Å². The van der Waals surface area contributed by atoms with E-state index < -0.39 is 123 Å². The van der Waals surface area contributed by atoms with Crippen LogP contribution in [0.15, 0.2) is 0 Å². The Morgan fingerprint density at radius 2 is 0.520 bits per heavy atom. The monoisotopic (exact) mass is 764 g/mol. The Labute approximate surface area is 294 Å². The van der Waals surface area contributed by atoms with E-state index in [-0.39, 0.29) is 36.4 Å². The summed E-state index contributed by atoms with van der Waals surface area (Å²) in [6.45, 7) is -1.24. The molecule has 5 rings (SSSR count). The second kappa shape index (κ2) is 16.8. The van der Waals surface area contributed by atoms with Gasteiger partial charge in [0.05, 0.1) is 0 Å². The van der Waals surface area contributed by atoms with E-state index in [0.29, 0.717) is 0 Å². The maximum Gasteiger partial charge on any atom is 0.189 e. The minimum Gasteiger partial charge on any atom is -0.388 e. The normalized spacial score (nSPS) is 51.5. The summed E-state index contributed by atoms with van der Waals surface area (Å²) < 4.78 is 33.7. The maximum atomic E-state index is 10.6. The van der Waals surface area contributed by atoms with Crippen molar-refractivity contribution < 1.29 is 89.7 Å². The van der Waals surface area contributed by atoms with E-state index in [0.717, 1.165) is 0 Å². The average Bonchev–Trinajstić information content (AvgIpc) is 3.09. The zero-order valence-electron chi connectivity index (χ0n) is 26.0. The number of rotatable bonds is 0. The smallest absolute Gasteiger partial charge is 0.189 e. The Kier molecular flexibility index (Phi) is 13.4. The third kappa shape index (κ3) is 8.55. The molecule has 5 aliphatic heterocycles. The van der Waals surface area contributed by atoms with Crippen LogP contribution in [0.4, 0.5) is 0 Å².